The van der Waals surface area contributed by atoms with E-state index in [2.05, 4.69) is 77.8 Å². The fourth-order valence-corrected chi connectivity index (χ4v) is 4.04. The number of nitrogens with one attached hydrogen (secondary N) is 1. The Morgan fingerprint density at radius 1 is 0.968 bits per heavy atom. The third-order valence-electron chi connectivity index (χ3n) is 5.66. The van der Waals surface area contributed by atoms with Gasteiger partial charge in [0.15, 0.2) is 0 Å². The highest BCUT2D eigenvalue weighted by atomic mass is 35.5. The summed E-state index contributed by atoms with van der Waals surface area (Å²) in [4.78, 5) is 6.58. The summed E-state index contributed by atoms with van der Waals surface area (Å²) in [7, 11) is 0. The summed E-state index contributed by atoms with van der Waals surface area (Å²) < 4.78 is 2.12. The number of aromatic nitrogens is 2. The van der Waals surface area contributed by atoms with E-state index in [1.54, 1.807) is 0 Å². The molecular weight excluding hydrogens is 404 g/mol. The Morgan fingerprint density at radius 3 is 2.23 bits per heavy atom. The number of hydrogen-bond donors (Lipinski definition) is 1. The zero-order valence-electron chi connectivity index (χ0n) is 19.2. The molecule has 0 aliphatic rings. The highest BCUT2D eigenvalue weighted by molar-refractivity contribution is 6.30. The van der Waals surface area contributed by atoms with Crippen molar-refractivity contribution in [3.05, 3.63) is 77.3 Å². The van der Waals surface area contributed by atoms with Crippen molar-refractivity contribution in [2.24, 2.45) is 0 Å². The first kappa shape index (κ1) is 23.2. The molecule has 4 nitrogen and oxygen atoms in total. The van der Waals surface area contributed by atoms with Crippen LogP contribution in [-0.2, 0) is 6.54 Å². The van der Waals surface area contributed by atoms with E-state index in [-0.39, 0.29) is 0 Å². The fraction of sp³-hybridized carbons (Fsp3) is 0.423. The number of nitrogens with zero attached hydrogens (tertiary/aromatic N) is 3. The Hall–Kier alpha value is -2.46. The molecule has 0 aliphatic carbocycles. The minimum atomic E-state index is 0.502. The van der Waals surface area contributed by atoms with E-state index in [1.807, 2.05) is 30.9 Å². The van der Waals surface area contributed by atoms with Gasteiger partial charge in [0.25, 0.3) is 0 Å². The van der Waals surface area contributed by atoms with Gasteiger partial charge in [-0.1, -0.05) is 57.5 Å². The standard InChI is InChI=1S/C26H35ClN4/c1-20(2)24-7-5-8-25(21(3)4)26(24)29-13-6-15-31(18-17-30-16-14-28-19-30)23-11-9-22(27)10-12-23/h5,7-12,14,16,19-21,29H,6,13,15,17-18H2,1-4H3. The molecule has 0 fully saturated rings. The van der Waals surface area contributed by atoms with Gasteiger partial charge in [0.2, 0.25) is 0 Å². The van der Waals surface area contributed by atoms with Crippen molar-refractivity contribution in [3.63, 3.8) is 0 Å². The van der Waals surface area contributed by atoms with Gasteiger partial charge in [-0.3, -0.25) is 0 Å². The number of anilines is 2. The lowest BCUT2D eigenvalue weighted by molar-refractivity contribution is 0.645. The molecule has 31 heavy (non-hydrogen) atoms. The second kappa shape index (κ2) is 11.2. The summed E-state index contributed by atoms with van der Waals surface area (Å²) in [5.41, 5.74) is 5.33. The lowest BCUT2D eigenvalue weighted by atomic mass is 9.92. The van der Waals surface area contributed by atoms with E-state index in [9.17, 15) is 0 Å². The molecule has 1 heterocycles. The second-order valence-electron chi connectivity index (χ2n) is 8.67. The molecular formula is C26H35ClN4. The van der Waals surface area contributed by atoms with Crippen LogP contribution in [0.15, 0.2) is 61.2 Å². The third-order valence-corrected chi connectivity index (χ3v) is 5.91. The lowest BCUT2D eigenvalue weighted by Gasteiger charge is -2.26. The molecule has 5 heteroatoms. The number of imidazole rings is 1. The predicted molar refractivity (Wildman–Crippen MR) is 134 cm³/mol. The highest BCUT2D eigenvalue weighted by Gasteiger charge is 2.13. The van der Waals surface area contributed by atoms with Crippen molar-refractivity contribution in [1.29, 1.82) is 0 Å². The van der Waals surface area contributed by atoms with Gasteiger partial charge in [0.1, 0.15) is 0 Å². The molecule has 0 saturated heterocycles. The first-order valence-corrected chi connectivity index (χ1v) is 11.7. The maximum atomic E-state index is 6.11. The summed E-state index contributed by atoms with van der Waals surface area (Å²) in [5, 5.41) is 4.54. The van der Waals surface area contributed by atoms with E-state index in [0.717, 1.165) is 37.6 Å². The molecule has 0 amide bonds. The molecule has 0 saturated carbocycles. The van der Waals surface area contributed by atoms with Crippen molar-refractivity contribution in [1.82, 2.24) is 9.55 Å². The number of benzene rings is 2. The molecule has 0 radical (unpaired) electrons. The molecule has 3 rings (SSSR count). The summed E-state index contributed by atoms with van der Waals surface area (Å²) in [6, 6.07) is 14.8. The smallest absolute Gasteiger partial charge is 0.0946 e. The minimum absolute atomic E-state index is 0.502. The van der Waals surface area contributed by atoms with Crippen LogP contribution in [0.1, 0.15) is 57.1 Å². The van der Waals surface area contributed by atoms with Crippen LogP contribution < -0.4 is 10.2 Å². The van der Waals surface area contributed by atoms with Gasteiger partial charge in [0.05, 0.1) is 6.33 Å². The Bertz CT molecular complexity index is 891. The second-order valence-corrected chi connectivity index (χ2v) is 9.10. The van der Waals surface area contributed by atoms with Gasteiger partial charge in [-0.2, -0.15) is 0 Å². The molecule has 3 aromatic rings. The average Bonchev–Trinajstić information content (AvgIpc) is 3.27. The summed E-state index contributed by atoms with van der Waals surface area (Å²) in [6.07, 6.45) is 6.77. The monoisotopic (exact) mass is 438 g/mol. The molecule has 2 aromatic carbocycles. The van der Waals surface area contributed by atoms with Crippen LogP contribution in [0.3, 0.4) is 0 Å². The molecule has 0 aliphatic heterocycles. The average molecular weight is 439 g/mol. The van der Waals surface area contributed by atoms with Crippen LogP contribution >= 0.6 is 11.6 Å². The Balaban J connectivity index is 1.65. The topological polar surface area (TPSA) is 33.1 Å². The summed E-state index contributed by atoms with van der Waals surface area (Å²) in [6.45, 7) is 12.8. The molecule has 0 bridgehead atoms. The molecule has 166 valence electrons. The van der Waals surface area contributed by atoms with Gasteiger partial charge in [-0.15, -0.1) is 0 Å². The maximum Gasteiger partial charge on any atom is 0.0946 e. The first-order valence-electron chi connectivity index (χ1n) is 11.3. The van der Waals surface area contributed by atoms with Crippen molar-refractivity contribution in [3.8, 4) is 0 Å². The van der Waals surface area contributed by atoms with Crippen molar-refractivity contribution < 1.29 is 0 Å². The Labute approximate surface area is 192 Å². The van der Waals surface area contributed by atoms with E-state index < -0.39 is 0 Å². The molecule has 0 spiro atoms. The van der Waals surface area contributed by atoms with Crippen LogP contribution in [0.2, 0.25) is 5.02 Å². The number of para-hydroxylation sites is 1. The van der Waals surface area contributed by atoms with Crippen LogP contribution in [0.5, 0.6) is 0 Å². The third kappa shape index (κ3) is 6.51. The fourth-order valence-electron chi connectivity index (χ4n) is 3.92. The zero-order valence-corrected chi connectivity index (χ0v) is 19.9. The van der Waals surface area contributed by atoms with E-state index in [0.29, 0.717) is 11.8 Å². The normalized spacial score (nSPS) is 11.3. The number of hydrogen-bond acceptors (Lipinski definition) is 3. The quantitative estimate of drug-likeness (QED) is 0.334. The van der Waals surface area contributed by atoms with Crippen LogP contribution in [0.4, 0.5) is 11.4 Å². The van der Waals surface area contributed by atoms with Gasteiger partial charge < -0.3 is 14.8 Å². The number of halogens is 1. The predicted octanol–water partition coefficient (Wildman–Crippen LogP) is 6.79. The largest absolute Gasteiger partial charge is 0.385 e. The zero-order chi connectivity index (χ0) is 22.2. The Kier molecular flexibility index (Phi) is 8.42. The Morgan fingerprint density at radius 2 is 1.65 bits per heavy atom. The van der Waals surface area contributed by atoms with E-state index in [1.165, 1.54) is 22.5 Å². The first-order chi connectivity index (χ1) is 15.0. The van der Waals surface area contributed by atoms with Gasteiger partial charge >= 0.3 is 0 Å². The van der Waals surface area contributed by atoms with Crippen molar-refractivity contribution in [2.45, 2.75) is 52.5 Å². The highest BCUT2D eigenvalue weighted by Crippen LogP contribution is 2.32. The van der Waals surface area contributed by atoms with E-state index in [4.69, 9.17) is 11.6 Å². The van der Waals surface area contributed by atoms with Crippen LogP contribution in [0, 0.1) is 0 Å². The van der Waals surface area contributed by atoms with Gasteiger partial charge in [0, 0.05) is 55.0 Å². The molecule has 1 N–H and O–H groups in total. The van der Waals surface area contributed by atoms with Crippen molar-refractivity contribution >= 4 is 23.0 Å². The lowest BCUT2D eigenvalue weighted by Crippen LogP contribution is -2.29. The van der Waals surface area contributed by atoms with Gasteiger partial charge in [-0.25, -0.2) is 4.98 Å². The minimum Gasteiger partial charge on any atom is -0.385 e. The molecule has 0 unspecified atom stereocenters. The van der Waals surface area contributed by atoms with E-state index >= 15 is 0 Å². The SMILES string of the molecule is CC(C)c1cccc(C(C)C)c1NCCCN(CCn1ccnc1)c1ccc(Cl)cc1. The molecule has 1 aromatic heterocycles. The summed E-state index contributed by atoms with van der Waals surface area (Å²) in [5.74, 6) is 1.00. The van der Waals surface area contributed by atoms with Crippen LogP contribution in [-0.4, -0.2) is 29.2 Å². The molecule has 0 atom stereocenters. The van der Waals surface area contributed by atoms with Crippen LogP contribution in [0.25, 0.3) is 0 Å². The van der Waals surface area contributed by atoms with Crippen molar-refractivity contribution in [2.75, 3.05) is 29.9 Å². The maximum absolute atomic E-state index is 6.11. The summed E-state index contributed by atoms with van der Waals surface area (Å²) >= 11 is 6.11. The van der Waals surface area contributed by atoms with Gasteiger partial charge in [-0.05, 0) is 53.6 Å². The number of rotatable bonds is 11.